The van der Waals surface area contributed by atoms with Crippen LogP contribution in [0.1, 0.15) is 39.0 Å². The van der Waals surface area contributed by atoms with E-state index >= 15 is 0 Å². The minimum Gasteiger partial charge on any atom is -0.354 e. The Morgan fingerprint density at radius 3 is 3.11 bits per heavy atom. The van der Waals surface area contributed by atoms with Gasteiger partial charge in [0.05, 0.1) is 0 Å². The summed E-state index contributed by atoms with van der Waals surface area (Å²) in [5.41, 5.74) is 0. The highest BCUT2D eigenvalue weighted by Crippen LogP contribution is 2.38. The van der Waals surface area contributed by atoms with Gasteiger partial charge in [-0.05, 0) is 38.2 Å². The zero-order chi connectivity index (χ0) is 12.4. The summed E-state index contributed by atoms with van der Waals surface area (Å²) in [5.74, 6) is 2.76. The fraction of sp³-hybridized carbons (Fsp3) is 0.714. The van der Waals surface area contributed by atoms with Crippen molar-refractivity contribution in [1.29, 1.82) is 0 Å². The van der Waals surface area contributed by atoms with Gasteiger partial charge in [-0.2, -0.15) is 4.98 Å². The van der Waals surface area contributed by atoms with Gasteiger partial charge in [0, 0.05) is 25.3 Å². The van der Waals surface area contributed by atoms with E-state index in [0.29, 0.717) is 0 Å². The molecule has 98 valence electrons. The lowest BCUT2D eigenvalue weighted by atomic mass is 9.85. The molecule has 1 aliphatic heterocycles. The fourth-order valence-electron chi connectivity index (χ4n) is 3.44. The average molecular weight is 246 g/mol. The molecule has 0 spiro atoms. The van der Waals surface area contributed by atoms with Gasteiger partial charge in [0.25, 0.3) is 0 Å². The molecule has 2 heterocycles. The maximum absolute atomic E-state index is 4.64. The SMILES string of the molecule is CCNc1nccc(N2CCC3CCCCC32)n1. The molecule has 1 aliphatic carbocycles. The van der Waals surface area contributed by atoms with Crippen LogP contribution in [-0.4, -0.2) is 29.1 Å². The van der Waals surface area contributed by atoms with Gasteiger partial charge in [-0.3, -0.25) is 0 Å². The molecule has 18 heavy (non-hydrogen) atoms. The van der Waals surface area contributed by atoms with Gasteiger partial charge in [-0.1, -0.05) is 12.8 Å². The van der Waals surface area contributed by atoms with E-state index in [-0.39, 0.29) is 0 Å². The largest absolute Gasteiger partial charge is 0.354 e. The van der Waals surface area contributed by atoms with Crippen molar-refractivity contribution < 1.29 is 0 Å². The first kappa shape index (κ1) is 11.8. The molecule has 1 N–H and O–H groups in total. The Bertz CT molecular complexity index is 407. The lowest BCUT2D eigenvalue weighted by molar-refractivity contribution is 0.341. The smallest absolute Gasteiger partial charge is 0.224 e. The molecule has 0 bridgehead atoms. The molecule has 0 radical (unpaired) electrons. The normalized spacial score (nSPS) is 27.1. The molecule has 3 rings (SSSR count). The van der Waals surface area contributed by atoms with Crippen LogP contribution < -0.4 is 10.2 Å². The first-order valence-corrected chi connectivity index (χ1v) is 7.22. The van der Waals surface area contributed by atoms with E-state index in [1.807, 2.05) is 6.20 Å². The topological polar surface area (TPSA) is 41.1 Å². The van der Waals surface area contributed by atoms with E-state index in [0.717, 1.165) is 36.8 Å². The zero-order valence-electron chi connectivity index (χ0n) is 11.1. The summed E-state index contributed by atoms with van der Waals surface area (Å²) < 4.78 is 0. The maximum atomic E-state index is 4.64. The van der Waals surface area contributed by atoms with Crippen LogP contribution >= 0.6 is 0 Å². The van der Waals surface area contributed by atoms with Gasteiger partial charge in [-0.25, -0.2) is 4.98 Å². The molecule has 1 saturated heterocycles. The fourth-order valence-corrected chi connectivity index (χ4v) is 3.44. The van der Waals surface area contributed by atoms with Gasteiger partial charge >= 0.3 is 0 Å². The molecule has 1 saturated carbocycles. The quantitative estimate of drug-likeness (QED) is 0.890. The molecule has 4 heteroatoms. The molecule has 4 nitrogen and oxygen atoms in total. The second-order valence-corrected chi connectivity index (χ2v) is 5.36. The van der Waals surface area contributed by atoms with Crippen molar-refractivity contribution in [2.24, 2.45) is 5.92 Å². The maximum Gasteiger partial charge on any atom is 0.224 e. The Morgan fingerprint density at radius 2 is 2.22 bits per heavy atom. The Labute approximate surface area is 109 Å². The molecule has 2 aliphatic rings. The van der Waals surface area contributed by atoms with Crippen LogP contribution in [-0.2, 0) is 0 Å². The van der Waals surface area contributed by atoms with Crippen LogP contribution in [0.4, 0.5) is 11.8 Å². The Hall–Kier alpha value is -1.32. The summed E-state index contributed by atoms with van der Waals surface area (Å²) in [6.07, 6.45) is 8.75. The number of nitrogens with one attached hydrogen (secondary N) is 1. The van der Waals surface area contributed by atoms with Crippen molar-refractivity contribution in [1.82, 2.24) is 9.97 Å². The van der Waals surface area contributed by atoms with Crippen molar-refractivity contribution in [2.75, 3.05) is 23.3 Å². The third kappa shape index (κ3) is 2.16. The van der Waals surface area contributed by atoms with E-state index in [1.165, 1.54) is 32.1 Å². The molecule has 1 aromatic heterocycles. The summed E-state index contributed by atoms with van der Waals surface area (Å²) in [4.78, 5) is 11.4. The van der Waals surface area contributed by atoms with Crippen LogP contribution in [0, 0.1) is 5.92 Å². The van der Waals surface area contributed by atoms with Crippen molar-refractivity contribution in [3.63, 3.8) is 0 Å². The summed E-state index contributed by atoms with van der Waals surface area (Å²) in [5, 5.41) is 3.19. The van der Waals surface area contributed by atoms with Crippen LogP contribution in [0.5, 0.6) is 0 Å². The molecule has 2 unspecified atom stereocenters. The van der Waals surface area contributed by atoms with Crippen LogP contribution in [0.25, 0.3) is 0 Å². The predicted octanol–water partition coefficient (Wildman–Crippen LogP) is 2.68. The molecule has 2 fully saturated rings. The summed E-state index contributed by atoms with van der Waals surface area (Å²) in [6, 6.07) is 2.78. The second kappa shape index (κ2) is 5.12. The number of hydrogen-bond donors (Lipinski definition) is 1. The van der Waals surface area contributed by atoms with Crippen LogP contribution in [0.15, 0.2) is 12.3 Å². The van der Waals surface area contributed by atoms with Gasteiger partial charge < -0.3 is 10.2 Å². The number of fused-ring (bicyclic) bond motifs is 1. The average Bonchev–Trinajstić information content (AvgIpc) is 2.83. The monoisotopic (exact) mass is 246 g/mol. The van der Waals surface area contributed by atoms with Crippen LogP contribution in [0.2, 0.25) is 0 Å². The van der Waals surface area contributed by atoms with E-state index in [1.54, 1.807) is 0 Å². The Morgan fingerprint density at radius 1 is 1.33 bits per heavy atom. The third-order valence-corrected chi connectivity index (χ3v) is 4.28. The Kier molecular flexibility index (Phi) is 3.35. The number of nitrogens with zero attached hydrogens (tertiary/aromatic N) is 3. The highest BCUT2D eigenvalue weighted by molar-refractivity contribution is 5.45. The number of anilines is 2. The molecule has 1 aromatic rings. The molecular weight excluding hydrogens is 224 g/mol. The summed E-state index contributed by atoms with van der Waals surface area (Å²) in [6.45, 7) is 4.11. The predicted molar refractivity (Wildman–Crippen MR) is 73.9 cm³/mol. The molecular formula is C14H22N4. The van der Waals surface area contributed by atoms with Crippen molar-refractivity contribution in [2.45, 2.75) is 45.1 Å². The van der Waals surface area contributed by atoms with Crippen molar-refractivity contribution >= 4 is 11.8 Å². The Balaban J connectivity index is 1.79. The first-order chi connectivity index (χ1) is 8.88. The highest BCUT2D eigenvalue weighted by atomic mass is 15.3. The van der Waals surface area contributed by atoms with Gasteiger partial charge in [0.15, 0.2) is 0 Å². The van der Waals surface area contributed by atoms with E-state index < -0.39 is 0 Å². The first-order valence-electron chi connectivity index (χ1n) is 7.22. The van der Waals surface area contributed by atoms with Crippen molar-refractivity contribution in [3.05, 3.63) is 12.3 Å². The van der Waals surface area contributed by atoms with Gasteiger partial charge in [-0.15, -0.1) is 0 Å². The summed E-state index contributed by atoms with van der Waals surface area (Å²) >= 11 is 0. The molecule has 0 amide bonds. The van der Waals surface area contributed by atoms with E-state index in [9.17, 15) is 0 Å². The number of hydrogen-bond acceptors (Lipinski definition) is 4. The van der Waals surface area contributed by atoms with Crippen molar-refractivity contribution in [3.8, 4) is 0 Å². The minimum atomic E-state index is 0.725. The second-order valence-electron chi connectivity index (χ2n) is 5.36. The summed E-state index contributed by atoms with van der Waals surface area (Å²) in [7, 11) is 0. The highest BCUT2D eigenvalue weighted by Gasteiger charge is 2.36. The minimum absolute atomic E-state index is 0.725. The lowest BCUT2D eigenvalue weighted by Gasteiger charge is -2.32. The van der Waals surface area contributed by atoms with Gasteiger partial charge in [0.1, 0.15) is 5.82 Å². The molecule has 2 atom stereocenters. The standard InChI is InChI=1S/C14H22N4/c1-2-15-14-16-9-7-13(17-14)18-10-8-11-5-3-4-6-12(11)18/h7,9,11-12H,2-6,8,10H2,1H3,(H,15,16,17). The van der Waals surface area contributed by atoms with Gasteiger partial charge in [0.2, 0.25) is 5.95 Å². The lowest BCUT2D eigenvalue weighted by Crippen LogP contribution is -2.35. The number of rotatable bonds is 3. The third-order valence-electron chi connectivity index (χ3n) is 4.28. The van der Waals surface area contributed by atoms with E-state index in [4.69, 9.17) is 0 Å². The van der Waals surface area contributed by atoms with Crippen LogP contribution in [0.3, 0.4) is 0 Å². The number of aromatic nitrogens is 2. The van der Waals surface area contributed by atoms with E-state index in [2.05, 4.69) is 33.2 Å². The zero-order valence-corrected chi connectivity index (χ0v) is 11.1. The molecule has 0 aromatic carbocycles.